The molecule has 1 aliphatic rings. The molecule has 1 aromatic rings. The summed E-state index contributed by atoms with van der Waals surface area (Å²) in [5.41, 5.74) is 0.737. The highest BCUT2D eigenvalue weighted by Gasteiger charge is 2.22. The minimum atomic E-state index is -0.287. The molecule has 0 radical (unpaired) electrons. The number of anilines is 1. The highest BCUT2D eigenvalue weighted by molar-refractivity contribution is 5.89. The molecular formula is C17H25N3O2. The molecule has 1 saturated carbocycles. The first-order valence-electron chi connectivity index (χ1n) is 8.04. The molecule has 0 unspecified atom stereocenters. The van der Waals surface area contributed by atoms with Crippen LogP contribution in [-0.4, -0.2) is 24.5 Å². The van der Waals surface area contributed by atoms with Crippen molar-refractivity contribution in [1.82, 2.24) is 10.6 Å². The lowest BCUT2D eigenvalue weighted by Gasteiger charge is -2.29. The highest BCUT2D eigenvalue weighted by atomic mass is 16.2. The summed E-state index contributed by atoms with van der Waals surface area (Å²) >= 11 is 0. The molecule has 5 nitrogen and oxygen atoms in total. The molecule has 0 heterocycles. The lowest BCUT2D eigenvalue weighted by Crippen LogP contribution is -2.42. The van der Waals surface area contributed by atoms with Gasteiger partial charge in [0.2, 0.25) is 5.91 Å². The van der Waals surface area contributed by atoms with Crippen LogP contribution in [0, 0.1) is 5.92 Å². The van der Waals surface area contributed by atoms with Gasteiger partial charge in [-0.2, -0.15) is 0 Å². The van der Waals surface area contributed by atoms with Crippen LogP contribution in [0.4, 0.5) is 10.5 Å². The molecule has 1 fully saturated rings. The summed E-state index contributed by atoms with van der Waals surface area (Å²) in [6.07, 6.45) is 5.00. The number of carbonyl (C=O) groups is 2. The van der Waals surface area contributed by atoms with Crippen molar-refractivity contribution in [2.24, 2.45) is 5.92 Å². The van der Waals surface area contributed by atoms with Crippen LogP contribution in [0.15, 0.2) is 30.3 Å². The van der Waals surface area contributed by atoms with Crippen molar-refractivity contribution in [3.63, 3.8) is 0 Å². The molecule has 5 heteroatoms. The maximum atomic E-state index is 11.9. The second-order valence-electron chi connectivity index (χ2n) is 5.93. The Labute approximate surface area is 131 Å². The van der Waals surface area contributed by atoms with Crippen LogP contribution in [0.25, 0.3) is 0 Å². The second-order valence-corrected chi connectivity index (χ2v) is 5.93. The van der Waals surface area contributed by atoms with Gasteiger partial charge in [-0.3, -0.25) is 4.79 Å². The van der Waals surface area contributed by atoms with Gasteiger partial charge in [0.15, 0.2) is 0 Å². The number of amides is 3. The van der Waals surface area contributed by atoms with Gasteiger partial charge in [0.1, 0.15) is 0 Å². The van der Waals surface area contributed by atoms with E-state index in [1.165, 1.54) is 19.3 Å². The van der Waals surface area contributed by atoms with E-state index in [2.05, 4.69) is 22.9 Å². The van der Waals surface area contributed by atoms with Gasteiger partial charge in [-0.05, 0) is 30.9 Å². The summed E-state index contributed by atoms with van der Waals surface area (Å²) < 4.78 is 0. The third-order valence-corrected chi connectivity index (χ3v) is 4.13. The summed E-state index contributed by atoms with van der Waals surface area (Å²) in [6, 6.07) is 9.24. The van der Waals surface area contributed by atoms with Gasteiger partial charge in [-0.1, -0.05) is 38.0 Å². The smallest absolute Gasteiger partial charge is 0.319 e. The Morgan fingerprint density at radius 1 is 1.14 bits per heavy atom. The predicted molar refractivity (Wildman–Crippen MR) is 87.6 cm³/mol. The number of nitrogens with one attached hydrogen (secondary N) is 3. The number of urea groups is 1. The fourth-order valence-electron chi connectivity index (χ4n) is 2.80. The van der Waals surface area contributed by atoms with Crippen LogP contribution in [0.5, 0.6) is 0 Å². The molecule has 0 bridgehead atoms. The Kier molecular flexibility index (Phi) is 6.25. The van der Waals surface area contributed by atoms with Crippen molar-refractivity contribution in [2.45, 2.75) is 45.1 Å². The first-order chi connectivity index (χ1) is 10.6. The van der Waals surface area contributed by atoms with Gasteiger partial charge in [0.25, 0.3) is 0 Å². The molecule has 0 saturated heterocycles. The van der Waals surface area contributed by atoms with E-state index in [1.807, 2.05) is 30.3 Å². The molecular weight excluding hydrogens is 278 g/mol. The molecule has 2 rings (SSSR count). The normalized spacial score (nSPS) is 21.0. The number of rotatable bonds is 5. The van der Waals surface area contributed by atoms with Crippen LogP contribution in [0.1, 0.15) is 39.0 Å². The van der Waals surface area contributed by atoms with Gasteiger partial charge >= 0.3 is 6.03 Å². The Bertz CT molecular complexity index is 490. The van der Waals surface area contributed by atoms with Crippen molar-refractivity contribution in [3.05, 3.63) is 30.3 Å². The molecule has 0 aromatic heterocycles. The lowest BCUT2D eigenvalue weighted by molar-refractivity contribution is -0.122. The summed E-state index contributed by atoms with van der Waals surface area (Å²) in [7, 11) is 0. The first-order valence-corrected chi connectivity index (χ1v) is 8.04. The second kappa shape index (κ2) is 8.41. The zero-order valence-corrected chi connectivity index (χ0v) is 13.1. The predicted octanol–water partition coefficient (Wildman–Crippen LogP) is 2.89. The van der Waals surface area contributed by atoms with Gasteiger partial charge in [-0.15, -0.1) is 0 Å². The van der Waals surface area contributed by atoms with Crippen molar-refractivity contribution < 1.29 is 9.59 Å². The monoisotopic (exact) mass is 303 g/mol. The molecule has 1 aliphatic carbocycles. The molecule has 1 aromatic carbocycles. The van der Waals surface area contributed by atoms with Crippen molar-refractivity contribution in [3.8, 4) is 0 Å². The van der Waals surface area contributed by atoms with Gasteiger partial charge in [0.05, 0.1) is 0 Å². The zero-order chi connectivity index (χ0) is 15.8. The standard InChI is InChI=1S/C17H25N3O2/c1-13-7-5-6-10-15(13)20-16(21)11-12-18-17(22)19-14-8-3-2-4-9-14/h2-4,8-9,13,15H,5-7,10-12H2,1H3,(H,20,21)(H2,18,19,22)/t13-,15+/m1/s1. The van der Waals surface area contributed by atoms with E-state index in [4.69, 9.17) is 0 Å². The van der Waals surface area contributed by atoms with E-state index in [0.29, 0.717) is 24.9 Å². The maximum absolute atomic E-state index is 11.9. The largest absolute Gasteiger partial charge is 0.353 e. The molecule has 22 heavy (non-hydrogen) atoms. The van der Waals surface area contributed by atoms with Crippen LogP contribution >= 0.6 is 0 Å². The molecule has 0 spiro atoms. The lowest BCUT2D eigenvalue weighted by atomic mass is 9.86. The average Bonchev–Trinajstić information content (AvgIpc) is 2.50. The van der Waals surface area contributed by atoms with Crippen molar-refractivity contribution in [1.29, 1.82) is 0 Å². The number of hydrogen-bond acceptors (Lipinski definition) is 2. The van der Waals surface area contributed by atoms with Crippen molar-refractivity contribution >= 4 is 17.6 Å². The van der Waals surface area contributed by atoms with E-state index < -0.39 is 0 Å². The number of carbonyl (C=O) groups excluding carboxylic acids is 2. The van der Waals surface area contributed by atoms with Gasteiger partial charge in [0, 0.05) is 24.7 Å². The first kappa shape index (κ1) is 16.3. The van der Waals surface area contributed by atoms with E-state index in [0.717, 1.165) is 12.1 Å². The molecule has 2 atom stereocenters. The minimum Gasteiger partial charge on any atom is -0.353 e. The summed E-state index contributed by atoms with van der Waals surface area (Å²) in [5, 5.41) is 8.50. The number of hydrogen-bond donors (Lipinski definition) is 3. The number of benzene rings is 1. The van der Waals surface area contributed by atoms with E-state index in [1.54, 1.807) is 0 Å². The Morgan fingerprint density at radius 2 is 1.86 bits per heavy atom. The average molecular weight is 303 g/mol. The summed E-state index contributed by atoms with van der Waals surface area (Å²) in [5.74, 6) is 0.561. The number of para-hydroxylation sites is 1. The van der Waals surface area contributed by atoms with Crippen LogP contribution in [0.3, 0.4) is 0 Å². The third-order valence-electron chi connectivity index (χ3n) is 4.13. The molecule has 3 N–H and O–H groups in total. The molecule has 120 valence electrons. The molecule has 0 aliphatic heterocycles. The van der Waals surface area contributed by atoms with E-state index >= 15 is 0 Å². The van der Waals surface area contributed by atoms with Gasteiger partial charge in [-0.25, -0.2) is 4.79 Å². The van der Waals surface area contributed by atoms with Crippen LogP contribution < -0.4 is 16.0 Å². The highest BCUT2D eigenvalue weighted by Crippen LogP contribution is 2.23. The van der Waals surface area contributed by atoms with Crippen LogP contribution in [-0.2, 0) is 4.79 Å². The summed E-state index contributed by atoms with van der Waals surface area (Å²) in [4.78, 5) is 23.6. The van der Waals surface area contributed by atoms with Gasteiger partial charge < -0.3 is 16.0 Å². The quantitative estimate of drug-likeness (QED) is 0.783. The minimum absolute atomic E-state index is 0.0127. The summed E-state index contributed by atoms with van der Waals surface area (Å²) in [6.45, 7) is 2.53. The fraction of sp³-hybridized carbons (Fsp3) is 0.529. The Morgan fingerprint density at radius 3 is 2.59 bits per heavy atom. The van der Waals surface area contributed by atoms with Crippen LogP contribution in [0.2, 0.25) is 0 Å². The Balaban J connectivity index is 1.63. The van der Waals surface area contributed by atoms with E-state index in [-0.39, 0.29) is 11.9 Å². The molecule has 3 amide bonds. The van der Waals surface area contributed by atoms with E-state index in [9.17, 15) is 9.59 Å². The fourth-order valence-corrected chi connectivity index (χ4v) is 2.80. The van der Waals surface area contributed by atoms with Crippen molar-refractivity contribution in [2.75, 3.05) is 11.9 Å². The maximum Gasteiger partial charge on any atom is 0.319 e. The SMILES string of the molecule is C[C@@H]1CCCC[C@@H]1NC(=O)CCNC(=O)Nc1ccccc1. The Hall–Kier alpha value is -2.04. The third kappa shape index (κ3) is 5.39. The zero-order valence-electron chi connectivity index (χ0n) is 13.1. The topological polar surface area (TPSA) is 70.2 Å².